The third kappa shape index (κ3) is 4.01. The fourth-order valence-electron chi connectivity index (χ4n) is 1.91. The van der Waals surface area contributed by atoms with Crippen LogP contribution in [-0.2, 0) is 6.42 Å². The van der Waals surface area contributed by atoms with E-state index in [1.807, 2.05) is 6.07 Å². The lowest BCUT2D eigenvalue weighted by Gasteiger charge is -2.15. The number of nitrogens with zero attached hydrogens (tertiary/aromatic N) is 1. The average molecular weight is 241 g/mol. The van der Waals surface area contributed by atoms with Gasteiger partial charge in [-0.2, -0.15) is 0 Å². The minimum atomic E-state index is 0.624. The van der Waals surface area contributed by atoms with Crippen LogP contribution < -0.4 is 5.73 Å². The summed E-state index contributed by atoms with van der Waals surface area (Å²) in [5.74, 6) is 1.32. The van der Waals surface area contributed by atoms with Crippen LogP contribution in [0.3, 0.4) is 0 Å². The number of pyridine rings is 1. The molecule has 0 saturated carbocycles. The number of rotatable bonds is 6. The van der Waals surface area contributed by atoms with Crippen molar-refractivity contribution < 1.29 is 0 Å². The second-order valence-corrected chi connectivity index (χ2v) is 4.75. The molecule has 1 aromatic rings. The molecular weight excluding hydrogens is 220 g/mol. The molecule has 0 aromatic carbocycles. The third-order valence-electron chi connectivity index (χ3n) is 3.02. The Morgan fingerprint density at radius 2 is 2.19 bits per heavy atom. The second kappa shape index (κ2) is 6.74. The first-order valence-electron chi connectivity index (χ1n) is 6.07. The zero-order valence-corrected chi connectivity index (χ0v) is 10.9. The number of nitrogens with two attached hydrogens (primary N) is 1. The van der Waals surface area contributed by atoms with Crippen LogP contribution in [0.15, 0.2) is 12.3 Å². The first kappa shape index (κ1) is 13.3. The second-order valence-electron chi connectivity index (χ2n) is 4.32. The molecule has 0 aliphatic heterocycles. The molecule has 1 rings (SSSR count). The monoisotopic (exact) mass is 240 g/mol. The van der Waals surface area contributed by atoms with Gasteiger partial charge in [-0.05, 0) is 24.0 Å². The SMILES string of the molecule is CCCCC(CC)Cc1cc(Cl)cnc1N. The van der Waals surface area contributed by atoms with Gasteiger partial charge in [-0.1, -0.05) is 51.1 Å². The Balaban J connectivity index is 2.65. The highest BCUT2D eigenvalue weighted by molar-refractivity contribution is 6.30. The summed E-state index contributed by atoms with van der Waals surface area (Å²) in [5.41, 5.74) is 6.94. The summed E-state index contributed by atoms with van der Waals surface area (Å²) in [6.07, 6.45) is 7.58. The largest absolute Gasteiger partial charge is 0.383 e. The Hall–Kier alpha value is -0.760. The predicted molar refractivity (Wildman–Crippen MR) is 70.7 cm³/mol. The van der Waals surface area contributed by atoms with Gasteiger partial charge in [0.1, 0.15) is 5.82 Å². The van der Waals surface area contributed by atoms with Gasteiger partial charge in [0.15, 0.2) is 0 Å². The van der Waals surface area contributed by atoms with Gasteiger partial charge in [-0.25, -0.2) is 4.98 Å². The van der Waals surface area contributed by atoms with Gasteiger partial charge < -0.3 is 5.73 Å². The molecule has 0 aliphatic carbocycles. The standard InChI is InChI=1S/C13H21ClN2/c1-3-5-6-10(4-2)7-11-8-12(14)9-16-13(11)15/h8-10H,3-7H2,1-2H3,(H2,15,16). The molecule has 3 heteroatoms. The maximum absolute atomic E-state index is 5.93. The minimum absolute atomic E-state index is 0.624. The predicted octanol–water partition coefficient (Wildman–Crippen LogP) is 4.08. The van der Waals surface area contributed by atoms with Crippen LogP contribution in [0.4, 0.5) is 5.82 Å². The highest BCUT2D eigenvalue weighted by atomic mass is 35.5. The quantitative estimate of drug-likeness (QED) is 0.814. The van der Waals surface area contributed by atoms with Crippen LogP contribution in [0, 0.1) is 5.92 Å². The van der Waals surface area contributed by atoms with Gasteiger partial charge in [0.2, 0.25) is 0 Å². The van der Waals surface area contributed by atoms with E-state index >= 15 is 0 Å². The Morgan fingerprint density at radius 3 is 2.81 bits per heavy atom. The van der Waals surface area contributed by atoms with Gasteiger partial charge in [-0.3, -0.25) is 0 Å². The van der Waals surface area contributed by atoms with Crippen molar-refractivity contribution in [2.45, 2.75) is 46.0 Å². The summed E-state index contributed by atoms with van der Waals surface area (Å²) in [6, 6.07) is 1.94. The van der Waals surface area contributed by atoms with E-state index in [0.29, 0.717) is 16.8 Å². The first-order chi connectivity index (χ1) is 7.67. The topological polar surface area (TPSA) is 38.9 Å². The number of hydrogen-bond donors (Lipinski definition) is 1. The lowest BCUT2D eigenvalue weighted by Crippen LogP contribution is -2.06. The summed E-state index contributed by atoms with van der Waals surface area (Å²) in [6.45, 7) is 4.45. The van der Waals surface area contributed by atoms with Gasteiger partial charge in [0.05, 0.1) is 5.02 Å². The molecular formula is C13H21ClN2. The van der Waals surface area contributed by atoms with E-state index < -0.39 is 0 Å². The maximum Gasteiger partial charge on any atom is 0.126 e. The van der Waals surface area contributed by atoms with E-state index in [1.165, 1.54) is 25.7 Å². The van der Waals surface area contributed by atoms with Gasteiger partial charge >= 0.3 is 0 Å². The zero-order chi connectivity index (χ0) is 12.0. The molecule has 16 heavy (non-hydrogen) atoms. The molecule has 0 saturated heterocycles. The molecule has 0 bridgehead atoms. The summed E-state index contributed by atoms with van der Waals surface area (Å²) < 4.78 is 0. The van der Waals surface area contributed by atoms with Crippen LogP contribution in [0.5, 0.6) is 0 Å². The Bertz CT molecular complexity index is 326. The summed E-state index contributed by atoms with van der Waals surface area (Å²) in [4.78, 5) is 4.09. The highest BCUT2D eigenvalue weighted by Crippen LogP contribution is 2.23. The lowest BCUT2D eigenvalue weighted by atomic mass is 9.92. The molecule has 0 radical (unpaired) electrons. The highest BCUT2D eigenvalue weighted by Gasteiger charge is 2.10. The number of anilines is 1. The van der Waals surface area contributed by atoms with Crippen LogP contribution in [0.2, 0.25) is 5.02 Å². The number of hydrogen-bond acceptors (Lipinski definition) is 2. The van der Waals surface area contributed by atoms with Crippen LogP contribution >= 0.6 is 11.6 Å². The molecule has 1 unspecified atom stereocenters. The number of aromatic nitrogens is 1. The van der Waals surface area contributed by atoms with Gasteiger partial charge in [-0.15, -0.1) is 0 Å². The number of halogens is 1. The molecule has 2 N–H and O–H groups in total. The Kier molecular flexibility index (Phi) is 5.61. The van der Waals surface area contributed by atoms with Crippen molar-refractivity contribution in [3.63, 3.8) is 0 Å². The average Bonchev–Trinajstić information content (AvgIpc) is 2.28. The Labute approximate surface area is 103 Å². The molecule has 0 amide bonds. The molecule has 1 heterocycles. The van der Waals surface area contributed by atoms with Crippen molar-refractivity contribution in [3.05, 3.63) is 22.8 Å². The van der Waals surface area contributed by atoms with Crippen LogP contribution in [0.1, 0.15) is 45.1 Å². The van der Waals surface area contributed by atoms with Gasteiger partial charge in [0.25, 0.3) is 0 Å². The molecule has 1 atom stereocenters. The van der Waals surface area contributed by atoms with Crippen molar-refractivity contribution in [1.29, 1.82) is 0 Å². The molecule has 0 fully saturated rings. The summed E-state index contributed by atoms with van der Waals surface area (Å²) in [5, 5.41) is 0.676. The lowest BCUT2D eigenvalue weighted by molar-refractivity contribution is 0.449. The molecule has 1 aromatic heterocycles. The fraction of sp³-hybridized carbons (Fsp3) is 0.615. The molecule has 2 nitrogen and oxygen atoms in total. The normalized spacial score (nSPS) is 12.7. The molecule has 0 spiro atoms. The Morgan fingerprint density at radius 1 is 1.44 bits per heavy atom. The summed E-state index contributed by atoms with van der Waals surface area (Å²) >= 11 is 5.93. The van der Waals surface area contributed by atoms with Crippen molar-refractivity contribution in [1.82, 2.24) is 4.98 Å². The first-order valence-corrected chi connectivity index (χ1v) is 6.45. The van der Waals surface area contributed by atoms with E-state index in [0.717, 1.165) is 12.0 Å². The van der Waals surface area contributed by atoms with Gasteiger partial charge in [0, 0.05) is 6.20 Å². The van der Waals surface area contributed by atoms with Crippen LogP contribution in [-0.4, -0.2) is 4.98 Å². The smallest absolute Gasteiger partial charge is 0.126 e. The molecule has 90 valence electrons. The van der Waals surface area contributed by atoms with E-state index in [1.54, 1.807) is 6.20 Å². The van der Waals surface area contributed by atoms with E-state index in [9.17, 15) is 0 Å². The third-order valence-corrected chi connectivity index (χ3v) is 3.23. The van der Waals surface area contributed by atoms with Crippen molar-refractivity contribution in [2.75, 3.05) is 5.73 Å². The zero-order valence-electron chi connectivity index (χ0n) is 10.2. The van der Waals surface area contributed by atoms with E-state index in [-0.39, 0.29) is 0 Å². The van der Waals surface area contributed by atoms with Crippen molar-refractivity contribution >= 4 is 17.4 Å². The van der Waals surface area contributed by atoms with Crippen LogP contribution in [0.25, 0.3) is 0 Å². The van der Waals surface area contributed by atoms with Crippen molar-refractivity contribution in [3.8, 4) is 0 Å². The summed E-state index contributed by atoms with van der Waals surface area (Å²) in [7, 11) is 0. The number of unbranched alkanes of at least 4 members (excludes halogenated alkanes) is 1. The molecule has 0 aliphatic rings. The maximum atomic E-state index is 5.93. The van der Waals surface area contributed by atoms with E-state index in [2.05, 4.69) is 18.8 Å². The minimum Gasteiger partial charge on any atom is -0.383 e. The fourth-order valence-corrected chi connectivity index (χ4v) is 2.09. The number of nitrogen functional groups attached to an aromatic ring is 1. The van der Waals surface area contributed by atoms with Crippen molar-refractivity contribution in [2.24, 2.45) is 5.92 Å². The van der Waals surface area contributed by atoms with E-state index in [4.69, 9.17) is 17.3 Å².